The van der Waals surface area contributed by atoms with Gasteiger partial charge in [-0.15, -0.1) is 0 Å². The number of aliphatic hydroxyl groups is 1. The van der Waals surface area contributed by atoms with E-state index in [1.807, 2.05) is 27.7 Å². The largest absolute Gasteiger partial charge is 0.391 e. The molecule has 0 heterocycles. The minimum Gasteiger partial charge on any atom is -0.391 e. The second kappa shape index (κ2) is 6.82. The summed E-state index contributed by atoms with van der Waals surface area (Å²) in [5.41, 5.74) is 0. The van der Waals surface area contributed by atoms with Crippen molar-refractivity contribution < 1.29 is 9.90 Å². The van der Waals surface area contributed by atoms with Crippen molar-refractivity contribution in [3.63, 3.8) is 0 Å². The highest BCUT2D eigenvalue weighted by atomic mass is 16.3. The Morgan fingerprint density at radius 3 is 2.29 bits per heavy atom. The normalized spacial score (nSPS) is 17.2. The van der Waals surface area contributed by atoms with Gasteiger partial charge in [-0.05, 0) is 12.3 Å². The fourth-order valence-electron chi connectivity index (χ4n) is 1.04. The first kappa shape index (κ1) is 13.4. The van der Waals surface area contributed by atoms with E-state index in [1.54, 1.807) is 0 Å². The van der Waals surface area contributed by atoms with Crippen LogP contribution in [0, 0.1) is 11.8 Å². The number of aliphatic hydroxyl groups excluding tert-OH is 1. The molecule has 2 N–H and O–H groups in total. The van der Waals surface area contributed by atoms with Crippen LogP contribution in [0.4, 0.5) is 0 Å². The van der Waals surface area contributed by atoms with Gasteiger partial charge in [-0.3, -0.25) is 4.79 Å². The molecule has 0 fully saturated rings. The Labute approximate surface area is 86.9 Å². The van der Waals surface area contributed by atoms with E-state index in [-0.39, 0.29) is 17.7 Å². The van der Waals surface area contributed by atoms with Gasteiger partial charge >= 0.3 is 0 Å². The molecule has 0 bridgehead atoms. The van der Waals surface area contributed by atoms with Gasteiger partial charge in [0.1, 0.15) is 0 Å². The zero-order chi connectivity index (χ0) is 11.1. The molecular weight excluding hydrogens is 178 g/mol. The number of rotatable bonds is 6. The third-order valence-corrected chi connectivity index (χ3v) is 2.85. The van der Waals surface area contributed by atoms with Gasteiger partial charge in [0.15, 0.2) is 0 Å². The molecule has 84 valence electrons. The average molecular weight is 201 g/mol. The first-order valence-corrected chi connectivity index (χ1v) is 5.48. The van der Waals surface area contributed by atoms with Crippen molar-refractivity contribution >= 4 is 5.91 Å². The lowest BCUT2D eigenvalue weighted by Gasteiger charge is -2.18. The molecule has 1 amide bonds. The van der Waals surface area contributed by atoms with Crippen LogP contribution >= 0.6 is 0 Å². The van der Waals surface area contributed by atoms with Gasteiger partial charge in [-0.25, -0.2) is 0 Å². The van der Waals surface area contributed by atoms with Crippen LogP contribution in [0.2, 0.25) is 0 Å². The van der Waals surface area contributed by atoms with E-state index in [9.17, 15) is 9.90 Å². The predicted octanol–water partition coefficient (Wildman–Crippen LogP) is 1.56. The molecule has 0 aliphatic rings. The van der Waals surface area contributed by atoms with E-state index in [0.29, 0.717) is 6.54 Å². The molecule has 0 rings (SSSR count). The van der Waals surface area contributed by atoms with Crippen LogP contribution in [0.1, 0.15) is 40.5 Å². The highest BCUT2D eigenvalue weighted by Gasteiger charge is 2.15. The summed E-state index contributed by atoms with van der Waals surface area (Å²) in [6.07, 6.45) is 1.35. The highest BCUT2D eigenvalue weighted by molar-refractivity contribution is 5.78. The SMILES string of the molecule is CC[C@@H](C)[C@@H](O)CNC(=O)[C@@H](C)CC. The van der Waals surface area contributed by atoms with Gasteiger partial charge < -0.3 is 10.4 Å². The van der Waals surface area contributed by atoms with Crippen LogP contribution in [-0.4, -0.2) is 23.7 Å². The third kappa shape index (κ3) is 4.61. The summed E-state index contributed by atoms with van der Waals surface area (Å²) in [5.74, 6) is 0.321. The van der Waals surface area contributed by atoms with Crippen molar-refractivity contribution in [1.29, 1.82) is 0 Å². The minimum atomic E-state index is -0.423. The van der Waals surface area contributed by atoms with Crippen molar-refractivity contribution in [2.24, 2.45) is 11.8 Å². The molecule has 3 heteroatoms. The summed E-state index contributed by atoms with van der Waals surface area (Å²) >= 11 is 0. The molecule has 3 nitrogen and oxygen atoms in total. The zero-order valence-electron chi connectivity index (χ0n) is 9.71. The Hall–Kier alpha value is -0.570. The van der Waals surface area contributed by atoms with Crippen LogP contribution in [0.3, 0.4) is 0 Å². The highest BCUT2D eigenvalue weighted by Crippen LogP contribution is 2.06. The molecule has 3 atom stereocenters. The molecular formula is C11H23NO2. The first-order chi connectivity index (χ1) is 6.52. The lowest BCUT2D eigenvalue weighted by Crippen LogP contribution is -2.37. The summed E-state index contributed by atoms with van der Waals surface area (Å²) in [6, 6.07) is 0. The van der Waals surface area contributed by atoms with Crippen molar-refractivity contribution in [1.82, 2.24) is 5.32 Å². The Morgan fingerprint density at radius 1 is 1.29 bits per heavy atom. The van der Waals surface area contributed by atoms with E-state index >= 15 is 0 Å². The van der Waals surface area contributed by atoms with Gasteiger partial charge in [-0.2, -0.15) is 0 Å². The fourth-order valence-corrected chi connectivity index (χ4v) is 1.04. The minimum absolute atomic E-state index is 0.0369. The Balaban J connectivity index is 3.77. The molecule has 0 aromatic heterocycles. The quantitative estimate of drug-likeness (QED) is 0.685. The van der Waals surface area contributed by atoms with Crippen LogP contribution in [0.5, 0.6) is 0 Å². The molecule has 0 unspecified atom stereocenters. The lowest BCUT2D eigenvalue weighted by molar-refractivity contribution is -0.125. The van der Waals surface area contributed by atoms with E-state index in [2.05, 4.69) is 5.32 Å². The summed E-state index contributed by atoms with van der Waals surface area (Å²) in [7, 11) is 0. The van der Waals surface area contributed by atoms with E-state index in [0.717, 1.165) is 12.8 Å². The lowest BCUT2D eigenvalue weighted by atomic mass is 10.0. The van der Waals surface area contributed by atoms with E-state index in [4.69, 9.17) is 0 Å². The second-order valence-corrected chi connectivity index (χ2v) is 4.01. The third-order valence-electron chi connectivity index (χ3n) is 2.85. The van der Waals surface area contributed by atoms with Crippen LogP contribution in [-0.2, 0) is 4.79 Å². The van der Waals surface area contributed by atoms with Gasteiger partial charge in [0, 0.05) is 12.5 Å². The number of hydrogen-bond acceptors (Lipinski definition) is 2. The Kier molecular flexibility index (Phi) is 6.54. The van der Waals surface area contributed by atoms with Crippen LogP contribution in [0.25, 0.3) is 0 Å². The van der Waals surface area contributed by atoms with Crippen molar-refractivity contribution in [2.45, 2.75) is 46.6 Å². The van der Waals surface area contributed by atoms with E-state index in [1.165, 1.54) is 0 Å². The number of nitrogens with one attached hydrogen (secondary N) is 1. The van der Waals surface area contributed by atoms with Gasteiger partial charge in [0.05, 0.1) is 6.10 Å². The van der Waals surface area contributed by atoms with Crippen molar-refractivity contribution in [3.8, 4) is 0 Å². The zero-order valence-corrected chi connectivity index (χ0v) is 9.71. The number of amides is 1. The standard InChI is InChI=1S/C11H23NO2/c1-5-8(3)10(13)7-12-11(14)9(4)6-2/h8-10,13H,5-7H2,1-4H3,(H,12,14)/t8-,9+,10+/m1/s1. The monoisotopic (exact) mass is 201 g/mol. The van der Waals surface area contributed by atoms with Crippen molar-refractivity contribution in [3.05, 3.63) is 0 Å². The molecule has 0 aromatic carbocycles. The van der Waals surface area contributed by atoms with Crippen LogP contribution in [0.15, 0.2) is 0 Å². The fraction of sp³-hybridized carbons (Fsp3) is 0.909. The molecule has 0 aromatic rings. The second-order valence-electron chi connectivity index (χ2n) is 4.01. The Morgan fingerprint density at radius 2 is 1.86 bits per heavy atom. The van der Waals surface area contributed by atoms with E-state index < -0.39 is 6.10 Å². The number of carbonyl (C=O) groups excluding carboxylic acids is 1. The maximum Gasteiger partial charge on any atom is 0.222 e. The van der Waals surface area contributed by atoms with Gasteiger partial charge in [0.2, 0.25) is 5.91 Å². The average Bonchev–Trinajstić information content (AvgIpc) is 2.22. The molecule has 0 aliphatic carbocycles. The first-order valence-electron chi connectivity index (χ1n) is 5.48. The summed E-state index contributed by atoms with van der Waals surface area (Å²) < 4.78 is 0. The van der Waals surface area contributed by atoms with Crippen LogP contribution < -0.4 is 5.32 Å². The molecule has 0 radical (unpaired) electrons. The summed E-state index contributed by atoms with van der Waals surface area (Å²) in [5, 5.41) is 12.4. The van der Waals surface area contributed by atoms with Crippen molar-refractivity contribution in [2.75, 3.05) is 6.54 Å². The summed E-state index contributed by atoms with van der Waals surface area (Å²) in [6.45, 7) is 8.27. The topological polar surface area (TPSA) is 49.3 Å². The molecule has 0 saturated carbocycles. The number of carbonyl (C=O) groups is 1. The molecule has 0 saturated heterocycles. The maximum atomic E-state index is 11.4. The molecule has 0 aliphatic heterocycles. The number of hydrogen-bond donors (Lipinski definition) is 2. The summed E-state index contributed by atoms with van der Waals surface area (Å²) in [4.78, 5) is 11.4. The predicted molar refractivity (Wildman–Crippen MR) is 57.9 cm³/mol. The molecule has 14 heavy (non-hydrogen) atoms. The smallest absolute Gasteiger partial charge is 0.222 e. The molecule has 0 spiro atoms. The van der Waals surface area contributed by atoms with Gasteiger partial charge in [-0.1, -0.05) is 34.1 Å². The maximum absolute atomic E-state index is 11.4. The van der Waals surface area contributed by atoms with Gasteiger partial charge in [0.25, 0.3) is 0 Å². The Bertz CT molecular complexity index is 171.